The quantitative estimate of drug-likeness (QED) is 0.780. The number of carboxylic acids is 1. The van der Waals surface area contributed by atoms with Crippen LogP contribution in [0.3, 0.4) is 0 Å². The molecule has 0 radical (unpaired) electrons. The lowest BCUT2D eigenvalue weighted by Gasteiger charge is -2.28. The lowest BCUT2D eigenvalue weighted by Crippen LogP contribution is -2.39. The second-order valence-corrected chi connectivity index (χ2v) is 5.87. The van der Waals surface area contributed by atoms with Gasteiger partial charge in [-0.05, 0) is 37.8 Å². The summed E-state index contributed by atoms with van der Waals surface area (Å²) in [6.07, 6.45) is 4.88. The molecule has 1 atom stereocenters. The largest absolute Gasteiger partial charge is 0.481 e. The van der Waals surface area contributed by atoms with E-state index in [2.05, 4.69) is 4.90 Å². The van der Waals surface area contributed by atoms with E-state index in [0.717, 1.165) is 32.0 Å². The van der Waals surface area contributed by atoms with Crippen LogP contribution in [0.4, 0.5) is 0 Å². The van der Waals surface area contributed by atoms with Gasteiger partial charge in [0, 0.05) is 6.54 Å². The van der Waals surface area contributed by atoms with E-state index in [-0.39, 0.29) is 5.92 Å². The highest BCUT2D eigenvalue weighted by Gasteiger charge is 2.47. The SMILES string of the molecule is CC(C)C1(C(=O)O)CCN(CCC2CC2)C1. The Kier molecular flexibility index (Phi) is 3.24. The van der Waals surface area contributed by atoms with E-state index in [0.29, 0.717) is 0 Å². The molecule has 2 rings (SSSR count). The van der Waals surface area contributed by atoms with Crippen LogP contribution in [-0.4, -0.2) is 35.6 Å². The van der Waals surface area contributed by atoms with Gasteiger partial charge in [-0.1, -0.05) is 26.7 Å². The summed E-state index contributed by atoms with van der Waals surface area (Å²) in [7, 11) is 0. The van der Waals surface area contributed by atoms with Crippen LogP contribution in [0.1, 0.15) is 39.5 Å². The highest BCUT2D eigenvalue weighted by Crippen LogP contribution is 2.39. The Labute approximate surface area is 97.8 Å². The van der Waals surface area contributed by atoms with Crippen LogP contribution in [0.5, 0.6) is 0 Å². The zero-order chi connectivity index (χ0) is 11.8. The summed E-state index contributed by atoms with van der Waals surface area (Å²) in [5.74, 6) is 0.575. The summed E-state index contributed by atoms with van der Waals surface area (Å²) in [4.78, 5) is 13.8. The Morgan fingerprint density at radius 2 is 2.19 bits per heavy atom. The maximum atomic E-state index is 11.4. The molecule has 0 spiro atoms. The molecule has 1 aliphatic heterocycles. The van der Waals surface area contributed by atoms with Crippen molar-refractivity contribution in [1.29, 1.82) is 0 Å². The van der Waals surface area contributed by atoms with Crippen molar-refractivity contribution in [2.24, 2.45) is 17.3 Å². The van der Waals surface area contributed by atoms with E-state index >= 15 is 0 Å². The molecule has 2 aliphatic rings. The molecule has 2 fully saturated rings. The van der Waals surface area contributed by atoms with E-state index in [1.807, 2.05) is 13.8 Å². The van der Waals surface area contributed by atoms with Gasteiger partial charge in [0.1, 0.15) is 0 Å². The van der Waals surface area contributed by atoms with Crippen molar-refractivity contribution in [2.75, 3.05) is 19.6 Å². The third-order valence-corrected chi connectivity index (χ3v) is 4.46. The van der Waals surface area contributed by atoms with Crippen molar-refractivity contribution >= 4 is 5.97 Å². The van der Waals surface area contributed by atoms with Gasteiger partial charge in [0.25, 0.3) is 0 Å². The van der Waals surface area contributed by atoms with E-state index in [9.17, 15) is 9.90 Å². The molecule has 0 amide bonds. The van der Waals surface area contributed by atoms with Crippen molar-refractivity contribution < 1.29 is 9.90 Å². The van der Waals surface area contributed by atoms with Crippen molar-refractivity contribution in [1.82, 2.24) is 4.90 Å². The predicted molar refractivity (Wildman–Crippen MR) is 63.3 cm³/mol. The average molecular weight is 225 g/mol. The standard InChI is InChI=1S/C13H23NO2/c1-10(2)13(12(15)16)6-8-14(9-13)7-5-11-3-4-11/h10-11H,3-9H2,1-2H3,(H,15,16). The van der Waals surface area contributed by atoms with Crippen molar-refractivity contribution in [3.63, 3.8) is 0 Å². The minimum atomic E-state index is -0.601. The first-order valence-electron chi connectivity index (χ1n) is 6.50. The first-order valence-corrected chi connectivity index (χ1v) is 6.50. The minimum absolute atomic E-state index is 0.232. The van der Waals surface area contributed by atoms with Crippen LogP contribution in [0.2, 0.25) is 0 Å². The molecule has 16 heavy (non-hydrogen) atoms. The van der Waals surface area contributed by atoms with Crippen LogP contribution in [0.25, 0.3) is 0 Å². The Hall–Kier alpha value is -0.570. The number of hydrogen-bond acceptors (Lipinski definition) is 2. The molecule has 1 saturated heterocycles. The number of hydrogen-bond donors (Lipinski definition) is 1. The highest BCUT2D eigenvalue weighted by atomic mass is 16.4. The first-order chi connectivity index (χ1) is 7.54. The van der Waals surface area contributed by atoms with Gasteiger partial charge in [0.15, 0.2) is 0 Å². The zero-order valence-electron chi connectivity index (χ0n) is 10.4. The Morgan fingerprint density at radius 3 is 2.62 bits per heavy atom. The molecule has 1 aliphatic carbocycles. The van der Waals surface area contributed by atoms with Crippen molar-refractivity contribution in [3.8, 4) is 0 Å². The first kappa shape index (κ1) is 11.9. The normalized spacial score (nSPS) is 31.2. The fraction of sp³-hybridized carbons (Fsp3) is 0.923. The topological polar surface area (TPSA) is 40.5 Å². The molecule has 1 N–H and O–H groups in total. The number of aliphatic carboxylic acids is 1. The van der Waals surface area contributed by atoms with Crippen molar-refractivity contribution in [3.05, 3.63) is 0 Å². The molecule has 1 unspecified atom stereocenters. The maximum Gasteiger partial charge on any atom is 0.311 e. The second kappa shape index (κ2) is 4.36. The third kappa shape index (κ3) is 2.24. The average Bonchev–Trinajstić information content (AvgIpc) is 2.93. The fourth-order valence-electron chi connectivity index (χ4n) is 2.77. The molecule has 1 saturated carbocycles. The monoisotopic (exact) mass is 225 g/mol. The van der Waals surface area contributed by atoms with Crippen LogP contribution in [0.15, 0.2) is 0 Å². The molecule has 1 heterocycles. The minimum Gasteiger partial charge on any atom is -0.481 e. The van der Waals surface area contributed by atoms with Gasteiger partial charge >= 0.3 is 5.97 Å². The van der Waals surface area contributed by atoms with Crippen LogP contribution < -0.4 is 0 Å². The zero-order valence-corrected chi connectivity index (χ0v) is 10.4. The molecule has 0 aromatic heterocycles. The van der Waals surface area contributed by atoms with Gasteiger partial charge in [-0.25, -0.2) is 0 Å². The number of likely N-dealkylation sites (tertiary alicyclic amines) is 1. The maximum absolute atomic E-state index is 11.4. The summed E-state index contributed by atoms with van der Waals surface area (Å²) < 4.78 is 0. The summed E-state index contributed by atoms with van der Waals surface area (Å²) in [6, 6.07) is 0. The van der Waals surface area contributed by atoms with Crippen LogP contribution in [-0.2, 0) is 4.79 Å². The summed E-state index contributed by atoms with van der Waals surface area (Å²) in [6.45, 7) is 6.91. The van der Waals surface area contributed by atoms with Gasteiger partial charge in [-0.2, -0.15) is 0 Å². The van der Waals surface area contributed by atoms with E-state index in [1.54, 1.807) is 0 Å². The second-order valence-electron chi connectivity index (χ2n) is 5.87. The molecule has 92 valence electrons. The van der Waals surface area contributed by atoms with E-state index in [4.69, 9.17) is 0 Å². The Balaban J connectivity index is 1.89. The summed E-state index contributed by atoms with van der Waals surface area (Å²) >= 11 is 0. The van der Waals surface area contributed by atoms with Gasteiger partial charge in [0.05, 0.1) is 5.41 Å². The molecular weight excluding hydrogens is 202 g/mol. The molecule has 0 aromatic carbocycles. The van der Waals surface area contributed by atoms with Crippen LogP contribution in [0, 0.1) is 17.3 Å². The van der Waals surface area contributed by atoms with E-state index in [1.165, 1.54) is 19.3 Å². The fourth-order valence-corrected chi connectivity index (χ4v) is 2.77. The van der Waals surface area contributed by atoms with Gasteiger partial charge in [-0.15, -0.1) is 0 Å². The van der Waals surface area contributed by atoms with Gasteiger partial charge < -0.3 is 10.0 Å². The van der Waals surface area contributed by atoms with E-state index < -0.39 is 11.4 Å². The molecule has 0 bridgehead atoms. The number of carbonyl (C=O) groups is 1. The Morgan fingerprint density at radius 1 is 1.50 bits per heavy atom. The van der Waals surface area contributed by atoms with Crippen LogP contribution >= 0.6 is 0 Å². The number of nitrogens with zero attached hydrogens (tertiary/aromatic N) is 1. The van der Waals surface area contributed by atoms with Gasteiger partial charge in [-0.3, -0.25) is 4.79 Å². The highest BCUT2D eigenvalue weighted by molar-refractivity contribution is 5.75. The smallest absolute Gasteiger partial charge is 0.311 e. The Bertz CT molecular complexity index is 273. The third-order valence-electron chi connectivity index (χ3n) is 4.46. The predicted octanol–water partition coefficient (Wildman–Crippen LogP) is 2.22. The van der Waals surface area contributed by atoms with Crippen molar-refractivity contribution in [2.45, 2.75) is 39.5 Å². The molecule has 3 nitrogen and oxygen atoms in total. The van der Waals surface area contributed by atoms with Gasteiger partial charge in [0.2, 0.25) is 0 Å². The molecule has 0 aromatic rings. The molecule has 3 heteroatoms. The number of rotatable bonds is 5. The number of carboxylic acid groups (broad SMARTS) is 1. The lowest BCUT2D eigenvalue weighted by atomic mass is 9.76. The molecular formula is C13H23NO2. The summed E-state index contributed by atoms with van der Waals surface area (Å²) in [5, 5.41) is 9.42. The lowest BCUT2D eigenvalue weighted by molar-refractivity contribution is -0.151. The summed E-state index contributed by atoms with van der Waals surface area (Å²) in [5.41, 5.74) is -0.483.